The predicted molar refractivity (Wildman–Crippen MR) is 98.4 cm³/mol. The zero-order valence-electron chi connectivity index (χ0n) is 14.0. The Bertz CT molecular complexity index is 889. The Hall–Kier alpha value is -2.34. The van der Waals surface area contributed by atoms with E-state index in [9.17, 15) is 4.79 Å². The van der Waals surface area contributed by atoms with Gasteiger partial charge in [-0.3, -0.25) is 4.79 Å². The molecule has 1 aliphatic heterocycles. The fourth-order valence-corrected chi connectivity index (χ4v) is 4.09. The van der Waals surface area contributed by atoms with Crippen molar-refractivity contribution >= 4 is 28.6 Å². The van der Waals surface area contributed by atoms with Gasteiger partial charge >= 0.3 is 0 Å². The quantitative estimate of drug-likeness (QED) is 0.524. The van der Waals surface area contributed by atoms with Crippen LogP contribution in [0, 0.1) is 0 Å². The van der Waals surface area contributed by atoms with Crippen molar-refractivity contribution in [1.29, 1.82) is 0 Å². The van der Waals surface area contributed by atoms with Crippen molar-refractivity contribution in [3.63, 3.8) is 0 Å². The van der Waals surface area contributed by atoms with E-state index in [1.807, 2.05) is 48.2 Å². The zero-order chi connectivity index (χ0) is 17.2. The Labute approximate surface area is 150 Å². The Balaban J connectivity index is 1.68. The molecule has 1 fully saturated rings. The van der Waals surface area contributed by atoms with Gasteiger partial charge in [0.2, 0.25) is 5.91 Å². The summed E-state index contributed by atoms with van der Waals surface area (Å²) in [6.07, 6.45) is 3.81. The fraction of sp³-hybridized carbons (Fsp3) is 0.316. The number of nitrogens with zero attached hydrogens (tertiary/aromatic N) is 3. The van der Waals surface area contributed by atoms with Crippen LogP contribution in [0.4, 0.5) is 0 Å². The minimum absolute atomic E-state index is 0.180. The molecular formula is C19H19N3O2S. The van der Waals surface area contributed by atoms with Crippen molar-refractivity contribution in [3.8, 4) is 11.6 Å². The van der Waals surface area contributed by atoms with Crippen LogP contribution in [0.2, 0.25) is 0 Å². The first-order valence-corrected chi connectivity index (χ1v) is 9.36. The van der Waals surface area contributed by atoms with Crippen molar-refractivity contribution in [2.24, 2.45) is 0 Å². The Morgan fingerprint density at radius 2 is 1.96 bits per heavy atom. The number of rotatable bonds is 4. The summed E-state index contributed by atoms with van der Waals surface area (Å²) in [6, 6.07) is 11.5. The van der Waals surface area contributed by atoms with E-state index in [-0.39, 0.29) is 11.2 Å². The SMILES string of the molecule is CC(Sc1nc(-c2ccco2)nc2ccccc12)C(=O)N1CCCC1. The molecule has 0 saturated carbocycles. The molecule has 25 heavy (non-hydrogen) atoms. The minimum Gasteiger partial charge on any atom is -0.461 e. The molecule has 1 amide bonds. The molecule has 3 heterocycles. The first-order valence-electron chi connectivity index (χ1n) is 8.48. The summed E-state index contributed by atoms with van der Waals surface area (Å²) < 4.78 is 5.45. The first-order chi connectivity index (χ1) is 12.2. The highest BCUT2D eigenvalue weighted by molar-refractivity contribution is 8.00. The molecule has 5 nitrogen and oxygen atoms in total. The van der Waals surface area contributed by atoms with E-state index in [4.69, 9.17) is 4.42 Å². The van der Waals surface area contributed by atoms with Crippen LogP contribution in [0.1, 0.15) is 19.8 Å². The lowest BCUT2D eigenvalue weighted by atomic mass is 10.2. The number of para-hydroxylation sites is 1. The van der Waals surface area contributed by atoms with Gasteiger partial charge in [0.25, 0.3) is 0 Å². The Morgan fingerprint density at radius 1 is 1.16 bits per heavy atom. The molecule has 0 radical (unpaired) electrons. The van der Waals surface area contributed by atoms with Crippen molar-refractivity contribution in [3.05, 3.63) is 42.7 Å². The second-order valence-corrected chi connectivity index (χ2v) is 7.47. The van der Waals surface area contributed by atoms with Crippen molar-refractivity contribution in [1.82, 2.24) is 14.9 Å². The number of fused-ring (bicyclic) bond motifs is 1. The van der Waals surface area contributed by atoms with Gasteiger partial charge in [-0.2, -0.15) is 0 Å². The summed E-state index contributed by atoms with van der Waals surface area (Å²) in [7, 11) is 0. The van der Waals surface area contributed by atoms with Crippen LogP contribution in [-0.2, 0) is 4.79 Å². The average molecular weight is 353 g/mol. The van der Waals surface area contributed by atoms with Gasteiger partial charge < -0.3 is 9.32 Å². The van der Waals surface area contributed by atoms with Crippen LogP contribution in [-0.4, -0.2) is 39.1 Å². The van der Waals surface area contributed by atoms with E-state index in [2.05, 4.69) is 9.97 Å². The van der Waals surface area contributed by atoms with Crippen molar-refractivity contribution in [2.45, 2.75) is 30.0 Å². The first kappa shape index (κ1) is 16.1. The fourth-order valence-electron chi connectivity index (χ4n) is 3.07. The molecule has 128 valence electrons. The number of hydrogen-bond acceptors (Lipinski definition) is 5. The third-order valence-corrected chi connectivity index (χ3v) is 5.45. The second-order valence-electron chi connectivity index (χ2n) is 6.14. The van der Waals surface area contributed by atoms with E-state index < -0.39 is 0 Å². The van der Waals surface area contributed by atoms with Gasteiger partial charge in [-0.1, -0.05) is 30.0 Å². The molecule has 6 heteroatoms. The van der Waals surface area contributed by atoms with Gasteiger partial charge in [0.15, 0.2) is 11.6 Å². The summed E-state index contributed by atoms with van der Waals surface area (Å²) in [6.45, 7) is 3.69. The molecule has 1 aliphatic rings. The van der Waals surface area contributed by atoms with Gasteiger partial charge in [0, 0.05) is 18.5 Å². The number of aromatic nitrogens is 2. The number of furan rings is 1. The van der Waals surface area contributed by atoms with Crippen LogP contribution >= 0.6 is 11.8 Å². The molecule has 1 unspecified atom stereocenters. The standard InChI is InChI=1S/C19H19N3O2S/c1-13(19(23)22-10-4-5-11-22)25-18-14-7-2-3-8-15(14)20-17(21-18)16-9-6-12-24-16/h2-3,6-9,12-13H,4-5,10-11H2,1H3. The maximum absolute atomic E-state index is 12.6. The smallest absolute Gasteiger partial charge is 0.235 e. The van der Waals surface area contributed by atoms with Gasteiger partial charge in [0.05, 0.1) is 17.0 Å². The summed E-state index contributed by atoms with van der Waals surface area (Å²) in [5, 5.41) is 1.60. The normalized spacial score (nSPS) is 15.6. The largest absolute Gasteiger partial charge is 0.461 e. The highest BCUT2D eigenvalue weighted by Gasteiger charge is 2.25. The lowest BCUT2D eigenvalue weighted by Crippen LogP contribution is -2.34. The molecule has 4 rings (SSSR count). The minimum atomic E-state index is -0.180. The van der Waals surface area contributed by atoms with Crippen LogP contribution in [0.25, 0.3) is 22.5 Å². The van der Waals surface area contributed by atoms with Crippen LogP contribution < -0.4 is 0 Å². The van der Waals surface area contributed by atoms with Crippen molar-refractivity contribution < 1.29 is 9.21 Å². The summed E-state index contributed by atoms with van der Waals surface area (Å²) in [5.41, 5.74) is 0.854. The average Bonchev–Trinajstić information content (AvgIpc) is 3.34. The third kappa shape index (κ3) is 3.26. The molecule has 1 aromatic carbocycles. The van der Waals surface area contributed by atoms with Crippen LogP contribution in [0.15, 0.2) is 52.1 Å². The maximum Gasteiger partial charge on any atom is 0.235 e. The number of carbonyl (C=O) groups excluding carboxylic acids is 1. The monoisotopic (exact) mass is 353 g/mol. The summed E-state index contributed by atoms with van der Waals surface area (Å²) >= 11 is 1.50. The molecular weight excluding hydrogens is 334 g/mol. The second kappa shape index (κ2) is 6.88. The molecule has 1 atom stereocenters. The molecule has 2 aromatic heterocycles. The molecule has 0 spiro atoms. The van der Waals surface area contributed by atoms with E-state index in [1.165, 1.54) is 11.8 Å². The van der Waals surface area contributed by atoms with Gasteiger partial charge in [-0.15, -0.1) is 0 Å². The van der Waals surface area contributed by atoms with Gasteiger partial charge in [-0.25, -0.2) is 9.97 Å². The Kier molecular flexibility index (Phi) is 4.44. The maximum atomic E-state index is 12.6. The topological polar surface area (TPSA) is 59.2 Å². The molecule has 0 bridgehead atoms. The van der Waals surface area contributed by atoms with Crippen LogP contribution in [0.3, 0.4) is 0 Å². The number of amides is 1. The number of thioether (sulfide) groups is 1. The van der Waals surface area contributed by atoms with Gasteiger partial charge in [-0.05, 0) is 38.0 Å². The van der Waals surface area contributed by atoms with E-state index in [0.29, 0.717) is 11.6 Å². The van der Waals surface area contributed by atoms with Crippen LogP contribution in [0.5, 0.6) is 0 Å². The number of likely N-dealkylation sites (tertiary alicyclic amines) is 1. The molecule has 0 N–H and O–H groups in total. The number of hydrogen-bond donors (Lipinski definition) is 0. The highest BCUT2D eigenvalue weighted by Crippen LogP contribution is 2.32. The summed E-state index contributed by atoms with van der Waals surface area (Å²) in [4.78, 5) is 23.9. The molecule has 3 aromatic rings. The van der Waals surface area contributed by atoms with E-state index >= 15 is 0 Å². The van der Waals surface area contributed by atoms with Gasteiger partial charge in [0.1, 0.15) is 5.03 Å². The lowest BCUT2D eigenvalue weighted by Gasteiger charge is -2.20. The number of carbonyl (C=O) groups is 1. The summed E-state index contributed by atoms with van der Waals surface area (Å²) in [5.74, 6) is 1.36. The third-order valence-electron chi connectivity index (χ3n) is 4.36. The Morgan fingerprint density at radius 3 is 2.72 bits per heavy atom. The lowest BCUT2D eigenvalue weighted by molar-refractivity contribution is -0.129. The number of benzene rings is 1. The van der Waals surface area contributed by atoms with E-state index in [1.54, 1.807) is 6.26 Å². The zero-order valence-corrected chi connectivity index (χ0v) is 14.8. The molecule has 1 saturated heterocycles. The highest BCUT2D eigenvalue weighted by atomic mass is 32.2. The predicted octanol–water partition coefficient (Wildman–Crippen LogP) is 3.99. The van der Waals surface area contributed by atoms with Crippen molar-refractivity contribution in [2.75, 3.05) is 13.1 Å². The molecule has 0 aliphatic carbocycles. The van der Waals surface area contributed by atoms with E-state index in [0.717, 1.165) is 41.9 Å².